The standard InChI is InChI=1S/C20H20F4N2O3/c1-10(2)29-19(27)18-16(9-28-4)26-11(3)14(8-25)17(18)13-6-5-12(21)7-15(13)20(22,23)24/h5-7,10,17,26H,9H2,1-4H3. The third-order valence-electron chi connectivity index (χ3n) is 4.25. The molecule has 156 valence electrons. The first kappa shape index (κ1) is 22.4. The van der Waals surface area contributed by atoms with Crippen molar-refractivity contribution in [2.45, 2.75) is 39.0 Å². The number of allylic oxidation sites excluding steroid dienone is 2. The Labute approximate surface area is 165 Å². The van der Waals surface area contributed by atoms with Gasteiger partial charge in [-0.3, -0.25) is 0 Å². The Hall–Kier alpha value is -2.86. The summed E-state index contributed by atoms with van der Waals surface area (Å²) in [6.45, 7) is 4.55. The van der Waals surface area contributed by atoms with Gasteiger partial charge < -0.3 is 14.8 Å². The highest BCUT2D eigenvalue weighted by molar-refractivity contribution is 5.93. The summed E-state index contributed by atoms with van der Waals surface area (Å²) < 4.78 is 64.9. The molecule has 1 aromatic carbocycles. The van der Waals surface area contributed by atoms with Crippen LogP contribution in [-0.4, -0.2) is 25.8 Å². The maximum absolute atomic E-state index is 13.7. The predicted molar refractivity (Wildman–Crippen MR) is 95.7 cm³/mol. The van der Waals surface area contributed by atoms with Crippen LogP contribution < -0.4 is 5.32 Å². The maximum Gasteiger partial charge on any atom is 0.416 e. The third-order valence-corrected chi connectivity index (χ3v) is 4.25. The molecule has 9 heteroatoms. The molecule has 0 fully saturated rings. The van der Waals surface area contributed by atoms with Gasteiger partial charge in [-0.2, -0.15) is 18.4 Å². The van der Waals surface area contributed by atoms with Crippen molar-refractivity contribution in [3.63, 3.8) is 0 Å². The average molecular weight is 412 g/mol. The molecule has 29 heavy (non-hydrogen) atoms. The van der Waals surface area contributed by atoms with Crippen LogP contribution in [0.25, 0.3) is 0 Å². The van der Waals surface area contributed by atoms with Gasteiger partial charge in [0.1, 0.15) is 5.82 Å². The van der Waals surface area contributed by atoms with Crippen LogP contribution in [0.5, 0.6) is 0 Å². The lowest BCUT2D eigenvalue weighted by atomic mass is 9.79. The number of nitrogens with one attached hydrogen (secondary N) is 1. The van der Waals surface area contributed by atoms with Gasteiger partial charge in [-0.25, -0.2) is 9.18 Å². The molecule has 1 unspecified atom stereocenters. The quantitative estimate of drug-likeness (QED) is 0.580. The van der Waals surface area contributed by atoms with Gasteiger partial charge in [0.05, 0.1) is 47.1 Å². The fourth-order valence-corrected chi connectivity index (χ4v) is 3.16. The Bertz CT molecular complexity index is 911. The van der Waals surface area contributed by atoms with Gasteiger partial charge in [0.15, 0.2) is 0 Å². The zero-order valence-electron chi connectivity index (χ0n) is 16.3. The number of hydrogen-bond acceptors (Lipinski definition) is 5. The lowest BCUT2D eigenvalue weighted by molar-refractivity contribution is -0.143. The number of alkyl halides is 3. The van der Waals surface area contributed by atoms with E-state index in [9.17, 15) is 27.6 Å². The summed E-state index contributed by atoms with van der Waals surface area (Å²) in [6.07, 6.45) is -5.45. The first-order valence-corrected chi connectivity index (χ1v) is 8.68. The number of methoxy groups -OCH3 is 1. The van der Waals surface area contributed by atoms with Gasteiger partial charge in [0.25, 0.3) is 0 Å². The second kappa shape index (κ2) is 8.66. The van der Waals surface area contributed by atoms with E-state index in [1.54, 1.807) is 13.8 Å². The lowest BCUT2D eigenvalue weighted by Gasteiger charge is -2.31. The van der Waals surface area contributed by atoms with Crippen molar-refractivity contribution in [1.29, 1.82) is 5.26 Å². The first-order valence-electron chi connectivity index (χ1n) is 8.68. The molecule has 2 rings (SSSR count). The van der Waals surface area contributed by atoms with E-state index in [1.165, 1.54) is 14.0 Å². The van der Waals surface area contributed by atoms with Gasteiger partial charge in [-0.1, -0.05) is 6.07 Å². The van der Waals surface area contributed by atoms with Crippen molar-refractivity contribution in [2.24, 2.45) is 0 Å². The van der Waals surface area contributed by atoms with E-state index in [2.05, 4.69) is 5.32 Å². The van der Waals surface area contributed by atoms with Gasteiger partial charge >= 0.3 is 12.1 Å². The van der Waals surface area contributed by atoms with Crippen molar-refractivity contribution in [3.8, 4) is 6.07 Å². The largest absolute Gasteiger partial charge is 0.460 e. The van der Waals surface area contributed by atoms with E-state index in [1.807, 2.05) is 6.07 Å². The number of halogens is 4. The van der Waals surface area contributed by atoms with Gasteiger partial charge in [-0.15, -0.1) is 0 Å². The summed E-state index contributed by atoms with van der Waals surface area (Å²) >= 11 is 0. The van der Waals surface area contributed by atoms with Crippen LogP contribution in [0.1, 0.15) is 37.8 Å². The summed E-state index contributed by atoms with van der Waals surface area (Å²) in [4.78, 5) is 12.8. The summed E-state index contributed by atoms with van der Waals surface area (Å²) in [5.41, 5.74) is -1.52. The summed E-state index contributed by atoms with van der Waals surface area (Å²) in [5.74, 6) is -3.36. The van der Waals surface area contributed by atoms with E-state index in [0.717, 1.165) is 12.1 Å². The van der Waals surface area contributed by atoms with Crippen LogP contribution >= 0.6 is 0 Å². The van der Waals surface area contributed by atoms with E-state index in [-0.39, 0.29) is 29.1 Å². The zero-order valence-corrected chi connectivity index (χ0v) is 16.3. The number of nitrogens with zero attached hydrogens (tertiary/aromatic N) is 1. The molecule has 0 saturated carbocycles. The molecule has 0 amide bonds. The molecule has 0 aromatic heterocycles. The fourth-order valence-electron chi connectivity index (χ4n) is 3.16. The molecular weight excluding hydrogens is 392 g/mol. The first-order chi connectivity index (χ1) is 13.5. The highest BCUT2D eigenvalue weighted by atomic mass is 19.4. The molecule has 1 aromatic rings. The number of carbonyl (C=O) groups excluding carboxylic acids is 1. The number of dihydropyridines is 1. The van der Waals surface area contributed by atoms with Crippen molar-refractivity contribution in [1.82, 2.24) is 5.32 Å². The molecule has 1 N–H and O–H groups in total. The number of esters is 1. The normalized spacial score (nSPS) is 17.3. The highest BCUT2D eigenvalue weighted by Gasteiger charge is 2.42. The molecule has 1 aliphatic rings. The molecule has 0 spiro atoms. The number of benzene rings is 1. The monoisotopic (exact) mass is 412 g/mol. The SMILES string of the molecule is COCC1=C(C(=O)OC(C)C)C(c2ccc(F)cc2C(F)(F)F)C(C#N)=C(C)N1. The molecule has 1 aliphatic heterocycles. The number of ether oxygens (including phenoxy) is 2. The Kier molecular flexibility index (Phi) is 6.69. The average Bonchev–Trinajstić information content (AvgIpc) is 2.60. The molecule has 1 heterocycles. The molecule has 1 atom stereocenters. The molecule has 5 nitrogen and oxygen atoms in total. The van der Waals surface area contributed by atoms with Gasteiger partial charge in [0, 0.05) is 12.8 Å². The maximum atomic E-state index is 13.7. The molecule has 0 bridgehead atoms. The number of hydrogen-bond donors (Lipinski definition) is 1. The summed E-state index contributed by atoms with van der Waals surface area (Å²) in [7, 11) is 1.35. The topological polar surface area (TPSA) is 71.3 Å². The Morgan fingerprint density at radius 1 is 1.34 bits per heavy atom. The number of carbonyl (C=O) groups is 1. The van der Waals surface area contributed by atoms with Gasteiger partial charge in [-0.05, 0) is 38.5 Å². The number of rotatable bonds is 5. The smallest absolute Gasteiger partial charge is 0.416 e. The predicted octanol–water partition coefficient (Wildman–Crippen LogP) is 4.18. The molecule has 0 saturated heterocycles. The van der Waals surface area contributed by atoms with E-state index < -0.39 is 41.1 Å². The van der Waals surface area contributed by atoms with E-state index in [4.69, 9.17) is 9.47 Å². The van der Waals surface area contributed by atoms with Crippen molar-refractivity contribution < 1.29 is 31.8 Å². The minimum absolute atomic E-state index is 0.0994. The van der Waals surface area contributed by atoms with Crippen LogP contribution in [-0.2, 0) is 20.4 Å². The summed E-state index contributed by atoms with van der Waals surface area (Å²) in [6, 6.07) is 4.02. The minimum Gasteiger partial charge on any atom is -0.460 e. The van der Waals surface area contributed by atoms with Crippen LogP contribution in [0, 0.1) is 17.1 Å². The minimum atomic E-state index is -4.90. The fraction of sp³-hybridized carbons (Fsp3) is 0.400. The summed E-state index contributed by atoms with van der Waals surface area (Å²) in [5, 5.41) is 12.5. The molecule has 0 radical (unpaired) electrons. The van der Waals surface area contributed by atoms with Crippen LogP contribution in [0.3, 0.4) is 0 Å². The Morgan fingerprint density at radius 3 is 2.52 bits per heavy atom. The zero-order chi connectivity index (χ0) is 21.9. The Morgan fingerprint density at radius 2 is 2.00 bits per heavy atom. The van der Waals surface area contributed by atoms with Crippen molar-refractivity contribution >= 4 is 5.97 Å². The Balaban J connectivity index is 2.83. The van der Waals surface area contributed by atoms with Gasteiger partial charge in [0.2, 0.25) is 0 Å². The van der Waals surface area contributed by atoms with E-state index >= 15 is 0 Å². The van der Waals surface area contributed by atoms with Crippen molar-refractivity contribution in [2.75, 3.05) is 13.7 Å². The highest BCUT2D eigenvalue weighted by Crippen LogP contribution is 2.44. The second-order valence-electron chi connectivity index (χ2n) is 6.72. The van der Waals surface area contributed by atoms with Crippen LogP contribution in [0.15, 0.2) is 40.7 Å². The van der Waals surface area contributed by atoms with Crippen LogP contribution in [0.2, 0.25) is 0 Å². The van der Waals surface area contributed by atoms with Crippen LogP contribution in [0.4, 0.5) is 17.6 Å². The molecule has 0 aliphatic carbocycles. The lowest BCUT2D eigenvalue weighted by Crippen LogP contribution is -2.33. The van der Waals surface area contributed by atoms with Crippen molar-refractivity contribution in [3.05, 3.63) is 57.7 Å². The molecular formula is C20H20F4N2O3. The second-order valence-corrected chi connectivity index (χ2v) is 6.72. The number of nitriles is 1. The third kappa shape index (κ3) is 4.77. The van der Waals surface area contributed by atoms with E-state index in [0.29, 0.717) is 6.07 Å².